The minimum Gasteiger partial charge on any atom is -0.391 e. The number of halogens is 4. The summed E-state index contributed by atoms with van der Waals surface area (Å²) in [5.41, 5.74) is 1.68. The molecule has 0 atom stereocenters. The van der Waals surface area contributed by atoms with E-state index in [9.17, 15) is 0 Å². The Morgan fingerprint density at radius 2 is 1.50 bits per heavy atom. The van der Waals surface area contributed by atoms with Crippen LogP contribution in [0.1, 0.15) is 11.1 Å². The van der Waals surface area contributed by atoms with Gasteiger partial charge >= 0.3 is 0 Å². The number of oxime groups is 1. The van der Waals surface area contributed by atoms with E-state index in [0.29, 0.717) is 26.7 Å². The predicted octanol–water partition coefficient (Wildman–Crippen LogP) is 5.85. The van der Waals surface area contributed by atoms with Crippen LogP contribution in [0.15, 0.2) is 41.6 Å². The first-order valence-electron chi connectivity index (χ1n) is 5.60. The zero-order chi connectivity index (χ0) is 14.5. The average Bonchev–Trinajstić information content (AvgIpc) is 2.42. The van der Waals surface area contributed by atoms with Gasteiger partial charge in [0.2, 0.25) is 0 Å². The Morgan fingerprint density at radius 3 is 2.15 bits per heavy atom. The van der Waals surface area contributed by atoms with Crippen molar-refractivity contribution in [2.45, 2.75) is 6.61 Å². The topological polar surface area (TPSA) is 21.6 Å². The lowest BCUT2D eigenvalue weighted by molar-refractivity contribution is 0.132. The molecule has 0 fully saturated rings. The van der Waals surface area contributed by atoms with Crippen LogP contribution in [0.5, 0.6) is 0 Å². The highest BCUT2D eigenvalue weighted by molar-refractivity contribution is 6.42. The van der Waals surface area contributed by atoms with Crippen molar-refractivity contribution in [1.82, 2.24) is 0 Å². The standard InChI is InChI=1S/C14H9Cl4NO/c15-11-3-1-9(5-13(11)17)7-19-20-8-10-2-4-12(16)14(18)6-10/h1-7H,8H2/b19-7-. The van der Waals surface area contributed by atoms with Gasteiger partial charge in [-0.15, -0.1) is 0 Å². The molecule has 2 nitrogen and oxygen atoms in total. The van der Waals surface area contributed by atoms with Crippen LogP contribution < -0.4 is 0 Å². The molecule has 0 heterocycles. The molecule has 6 heteroatoms. The van der Waals surface area contributed by atoms with Gasteiger partial charge in [0.05, 0.1) is 26.3 Å². The molecule has 2 aromatic rings. The summed E-state index contributed by atoms with van der Waals surface area (Å²) < 4.78 is 0. The lowest BCUT2D eigenvalue weighted by atomic mass is 10.2. The van der Waals surface area contributed by atoms with Crippen LogP contribution in [-0.4, -0.2) is 6.21 Å². The molecule has 0 saturated heterocycles. The Balaban J connectivity index is 1.93. The smallest absolute Gasteiger partial charge is 0.142 e. The molecule has 0 aliphatic heterocycles. The first kappa shape index (κ1) is 15.5. The number of hydrogen-bond acceptors (Lipinski definition) is 2. The fourth-order valence-corrected chi connectivity index (χ4v) is 2.06. The molecule has 0 aliphatic rings. The molecule has 0 unspecified atom stereocenters. The Bertz CT molecular complexity index is 643. The quantitative estimate of drug-likeness (QED) is 0.501. The van der Waals surface area contributed by atoms with E-state index in [1.54, 1.807) is 36.5 Å². The van der Waals surface area contributed by atoms with Crippen LogP contribution in [0.4, 0.5) is 0 Å². The van der Waals surface area contributed by atoms with E-state index in [2.05, 4.69) is 5.16 Å². The van der Waals surface area contributed by atoms with Crippen molar-refractivity contribution in [1.29, 1.82) is 0 Å². The molecule has 0 aliphatic carbocycles. The second kappa shape index (κ2) is 7.19. The molecule has 0 N–H and O–H groups in total. The molecule has 0 amide bonds. The van der Waals surface area contributed by atoms with Gasteiger partial charge in [0.25, 0.3) is 0 Å². The molecule has 104 valence electrons. The van der Waals surface area contributed by atoms with Gasteiger partial charge in [-0.05, 0) is 35.4 Å². The summed E-state index contributed by atoms with van der Waals surface area (Å²) in [5, 5.41) is 5.83. The highest BCUT2D eigenvalue weighted by atomic mass is 35.5. The number of rotatable bonds is 4. The fraction of sp³-hybridized carbons (Fsp3) is 0.0714. The van der Waals surface area contributed by atoms with Gasteiger partial charge in [-0.2, -0.15) is 0 Å². The summed E-state index contributed by atoms with van der Waals surface area (Å²) in [6.45, 7) is 0.300. The Kier molecular flexibility index (Phi) is 5.55. The first-order valence-corrected chi connectivity index (χ1v) is 7.12. The van der Waals surface area contributed by atoms with Crippen molar-refractivity contribution in [3.8, 4) is 0 Å². The summed E-state index contributed by atoms with van der Waals surface area (Å²) in [6, 6.07) is 10.5. The maximum atomic E-state index is 5.90. The van der Waals surface area contributed by atoms with Crippen LogP contribution in [-0.2, 0) is 11.4 Å². The molecule has 0 saturated carbocycles. The highest BCUT2D eigenvalue weighted by Crippen LogP contribution is 2.23. The van der Waals surface area contributed by atoms with Gasteiger partial charge in [0.15, 0.2) is 0 Å². The van der Waals surface area contributed by atoms with Crippen molar-refractivity contribution >= 4 is 52.6 Å². The molecule has 0 spiro atoms. The van der Waals surface area contributed by atoms with Crippen LogP contribution in [0.2, 0.25) is 20.1 Å². The first-order chi connectivity index (χ1) is 9.56. The number of benzene rings is 2. The van der Waals surface area contributed by atoms with E-state index in [4.69, 9.17) is 51.2 Å². The van der Waals surface area contributed by atoms with E-state index in [1.165, 1.54) is 0 Å². The summed E-state index contributed by atoms with van der Waals surface area (Å²) in [6.07, 6.45) is 1.56. The van der Waals surface area contributed by atoms with Gasteiger partial charge < -0.3 is 4.84 Å². The third-order valence-corrected chi connectivity index (χ3v) is 3.91. The van der Waals surface area contributed by atoms with Crippen LogP contribution in [0.25, 0.3) is 0 Å². The highest BCUT2D eigenvalue weighted by Gasteiger charge is 2.00. The van der Waals surface area contributed by atoms with Gasteiger partial charge in [0.1, 0.15) is 6.61 Å². The fourth-order valence-electron chi connectivity index (χ4n) is 1.43. The van der Waals surface area contributed by atoms with Gasteiger partial charge in [-0.25, -0.2) is 0 Å². The Labute approximate surface area is 136 Å². The minimum absolute atomic E-state index is 0.300. The predicted molar refractivity (Wildman–Crippen MR) is 85.3 cm³/mol. The summed E-state index contributed by atoms with van der Waals surface area (Å²) in [5.74, 6) is 0. The molecule has 0 radical (unpaired) electrons. The summed E-state index contributed by atoms with van der Waals surface area (Å²) in [4.78, 5) is 5.18. The molecular formula is C14H9Cl4NO. The van der Waals surface area contributed by atoms with E-state index >= 15 is 0 Å². The van der Waals surface area contributed by atoms with E-state index in [1.807, 2.05) is 6.07 Å². The second-order valence-corrected chi connectivity index (χ2v) is 5.56. The zero-order valence-electron chi connectivity index (χ0n) is 10.1. The van der Waals surface area contributed by atoms with Gasteiger partial charge in [0, 0.05) is 0 Å². The van der Waals surface area contributed by atoms with Gasteiger partial charge in [-0.3, -0.25) is 0 Å². The zero-order valence-corrected chi connectivity index (χ0v) is 13.1. The van der Waals surface area contributed by atoms with Crippen LogP contribution in [0, 0.1) is 0 Å². The summed E-state index contributed by atoms with van der Waals surface area (Å²) in [7, 11) is 0. The number of hydrogen-bond donors (Lipinski definition) is 0. The maximum Gasteiger partial charge on any atom is 0.142 e. The Hall–Kier alpha value is -0.930. The van der Waals surface area contributed by atoms with Crippen molar-refractivity contribution in [3.63, 3.8) is 0 Å². The molecule has 20 heavy (non-hydrogen) atoms. The second-order valence-electron chi connectivity index (χ2n) is 3.93. The third-order valence-electron chi connectivity index (χ3n) is 2.44. The minimum atomic E-state index is 0.300. The van der Waals surface area contributed by atoms with E-state index < -0.39 is 0 Å². The average molecular weight is 349 g/mol. The molecule has 2 rings (SSSR count). The van der Waals surface area contributed by atoms with Crippen molar-refractivity contribution in [2.24, 2.45) is 5.16 Å². The molecule has 2 aromatic carbocycles. The Morgan fingerprint density at radius 1 is 0.850 bits per heavy atom. The number of nitrogens with zero attached hydrogens (tertiary/aromatic N) is 1. The molecule has 0 bridgehead atoms. The van der Waals surface area contributed by atoms with E-state index in [-0.39, 0.29) is 0 Å². The molecular weight excluding hydrogens is 340 g/mol. The van der Waals surface area contributed by atoms with Gasteiger partial charge in [-0.1, -0.05) is 63.7 Å². The maximum absolute atomic E-state index is 5.90. The third kappa shape index (κ3) is 4.29. The lowest BCUT2D eigenvalue weighted by Gasteiger charge is -2.02. The summed E-state index contributed by atoms with van der Waals surface area (Å²) >= 11 is 23.4. The van der Waals surface area contributed by atoms with Crippen molar-refractivity contribution < 1.29 is 4.84 Å². The van der Waals surface area contributed by atoms with Crippen molar-refractivity contribution in [3.05, 3.63) is 67.6 Å². The largest absolute Gasteiger partial charge is 0.391 e. The monoisotopic (exact) mass is 347 g/mol. The van der Waals surface area contributed by atoms with Crippen LogP contribution >= 0.6 is 46.4 Å². The normalized spacial score (nSPS) is 11.0. The van der Waals surface area contributed by atoms with Crippen molar-refractivity contribution in [2.75, 3.05) is 0 Å². The lowest BCUT2D eigenvalue weighted by Crippen LogP contribution is -1.89. The SMILES string of the molecule is Clc1ccc(/C=N\OCc2ccc(Cl)c(Cl)c2)cc1Cl. The van der Waals surface area contributed by atoms with E-state index in [0.717, 1.165) is 11.1 Å². The van der Waals surface area contributed by atoms with Crippen LogP contribution in [0.3, 0.4) is 0 Å². The molecule has 0 aromatic heterocycles.